The number of carboxylic acids is 1. The minimum Gasteiger partial charge on any atom is -0.480 e. The summed E-state index contributed by atoms with van der Waals surface area (Å²) in [6, 6.07) is 39.7. The van der Waals surface area contributed by atoms with Crippen LogP contribution in [0, 0.1) is 0 Å². The van der Waals surface area contributed by atoms with Crippen molar-refractivity contribution in [1.82, 2.24) is 4.90 Å². The number of fused-ring (bicyclic) bond motifs is 3. The van der Waals surface area contributed by atoms with Crippen LogP contribution in [0.1, 0.15) is 165 Å². The number of unbranched alkanes of at least 4 members (excludes halogenated alkanes) is 9. The summed E-state index contributed by atoms with van der Waals surface area (Å²) < 4.78 is 0.292. The number of nitrogens with zero attached hydrogens (tertiary/aromatic N) is 2. The van der Waals surface area contributed by atoms with Gasteiger partial charge >= 0.3 is 5.97 Å². The number of benzene rings is 5. The molecule has 8 rings (SSSR count). The molecule has 2 atom stereocenters. The molecule has 0 aromatic heterocycles. The fraction of sp³-hybridized carbons (Fsp3) is 0.435. The van der Waals surface area contributed by atoms with Gasteiger partial charge in [-0.2, -0.15) is 0 Å². The van der Waals surface area contributed by atoms with E-state index in [2.05, 4.69) is 143 Å². The molecule has 2 unspecified atom stereocenters. The Bertz CT molecular complexity index is 2670. The van der Waals surface area contributed by atoms with Gasteiger partial charge < -0.3 is 10.0 Å². The van der Waals surface area contributed by atoms with Crippen molar-refractivity contribution in [3.8, 4) is 33.4 Å². The first-order chi connectivity index (χ1) is 33.5. The second-order valence-electron chi connectivity index (χ2n) is 20.5. The van der Waals surface area contributed by atoms with E-state index in [4.69, 9.17) is 12.2 Å². The van der Waals surface area contributed by atoms with Crippen molar-refractivity contribution in [3.63, 3.8) is 0 Å². The van der Waals surface area contributed by atoms with E-state index < -0.39 is 12.5 Å². The van der Waals surface area contributed by atoms with Crippen molar-refractivity contribution in [1.29, 1.82) is 0 Å². The molecule has 0 radical (unpaired) electrons. The van der Waals surface area contributed by atoms with Crippen LogP contribution >= 0.6 is 24.0 Å². The Hall–Kier alpha value is -4.98. The Balaban J connectivity index is 1.16. The van der Waals surface area contributed by atoms with Crippen molar-refractivity contribution in [2.75, 3.05) is 11.4 Å². The maximum atomic E-state index is 13.3. The van der Waals surface area contributed by atoms with Crippen molar-refractivity contribution >= 4 is 57.6 Å². The predicted molar refractivity (Wildman–Crippen MR) is 297 cm³/mol. The highest BCUT2D eigenvalue weighted by Gasteiger charge is 2.57. The minimum atomic E-state index is -1.07. The summed E-state index contributed by atoms with van der Waals surface area (Å²) in [5, 5.41) is 9.43. The molecule has 7 heteroatoms. The number of carboxylic acid groups (broad SMARTS) is 1. The average Bonchev–Trinajstić information content (AvgIpc) is 3.73. The molecular weight excluding hydrogens is 885 g/mol. The van der Waals surface area contributed by atoms with E-state index in [0.717, 1.165) is 50.5 Å². The fourth-order valence-corrected chi connectivity index (χ4v) is 12.9. The number of anilines is 2. The molecule has 362 valence electrons. The molecule has 5 aromatic rings. The van der Waals surface area contributed by atoms with Crippen LogP contribution in [0.25, 0.3) is 39.5 Å². The number of hydrogen-bond acceptors (Lipinski definition) is 5. The number of carbonyl (C=O) groups is 2. The third-order valence-corrected chi connectivity index (χ3v) is 17.2. The number of carbonyl (C=O) groups excluding carboxylic acids is 1. The van der Waals surface area contributed by atoms with Crippen LogP contribution in [-0.4, -0.2) is 38.3 Å². The predicted octanol–water partition coefficient (Wildman–Crippen LogP) is 17.1. The molecule has 5 aromatic carbocycles. The Morgan fingerprint density at radius 2 is 1.19 bits per heavy atom. The van der Waals surface area contributed by atoms with Gasteiger partial charge in [-0.05, 0) is 150 Å². The number of thioether (sulfide) groups is 1. The molecule has 5 nitrogen and oxygen atoms in total. The zero-order chi connectivity index (χ0) is 48.5. The van der Waals surface area contributed by atoms with E-state index in [1.165, 1.54) is 161 Å². The number of hydrogen-bond donors (Lipinski definition) is 1. The summed E-state index contributed by atoms with van der Waals surface area (Å²) in [6.07, 6.45) is 24.1. The molecule has 2 fully saturated rings. The smallest absolute Gasteiger partial charge is 0.323 e. The maximum absolute atomic E-state index is 13.3. The molecule has 2 aliphatic heterocycles. The van der Waals surface area contributed by atoms with Crippen molar-refractivity contribution in [2.45, 2.75) is 168 Å². The summed E-state index contributed by atoms with van der Waals surface area (Å²) in [5.74, 6) is -1.41. The molecular formula is C62H74N2O3S2. The quantitative estimate of drug-likeness (QED) is 0.0424. The molecule has 0 spiro atoms. The lowest BCUT2D eigenvalue weighted by molar-refractivity contribution is -0.140. The molecule has 1 amide bonds. The highest BCUT2D eigenvalue weighted by atomic mass is 32.2. The SMILES string of the molecule is CCCCCCc1cc(-c2ccc(-c3ccc(-c4ccc5c(c4)C4(C)CCCCC4(C)N5c4ccccc4)c(CCCCCC)c3)cc2CCCCCC)ccc1/C=C1\SC(=S)N(CC(=O)O)C1=O. The maximum Gasteiger partial charge on any atom is 0.323 e. The summed E-state index contributed by atoms with van der Waals surface area (Å²) >= 11 is 6.63. The molecule has 0 bridgehead atoms. The Morgan fingerprint density at radius 3 is 1.78 bits per heavy atom. The van der Waals surface area contributed by atoms with E-state index in [9.17, 15) is 14.7 Å². The number of thiocarbonyl (C=S) groups is 1. The molecule has 1 N–H and O–H groups in total. The number of aryl methyl sites for hydroxylation is 3. The van der Waals surface area contributed by atoms with E-state index in [1.807, 2.05) is 6.08 Å². The van der Waals surface area contributed by atoms with Gasteiger partial charge in [-0.3, -0.25) is 14.5 Å². The second kappa shape index (κ2) is 22.8. The monoisotopic (exact) mass is 959 g/mol. The first-order valence-electron chi connectivity index (χ1n) is 26.4. The number of para-hydroxylation sites is 1. The lowest BCUT2D eigenvalue weighted by atomic mass is 9.61. The fourth-order valence-electron chi connectivity index (χ4n) is 11.7. The van der Waals surface area contributed by atoms with Crippen molar-refractivity contribution in [3.05, 3.63) is 136 Å². The molecule has 1 saturated carbocycles. The van der Waals surface area contributed by atoms with Crippen LogP contribution in [0.15, 0.2) is 108 Å². The normalized spacial score (nSPS) is 19.4. The lowest BCUT2D eigenvalue weighted by Gasteiger charge is -2.50. The standard InChI is InChI=1S/C62H74N2O3S2/c1-6-9-12-16-23-44-38-50(29-28-47(44)42-57-59(67)63(43-58(65)66)60(68)69-57)53-33-30-45(39-48(53)24-17-13-10-7-2)46-31-34-54(49(40-46)25-18-14-11-8-3)51-32-35-56-55(41-51)61(4)36-21-22-37-62(61,5)64(56)52-26-19-15-20-27-52/h15,19-20,26-35,38-42H,6-14,16-18,21-25,36-37,43H2,1-5H3,(H,65,66)/b57-42-. The first kappa shape index (κ1) is 50.4. The second-order valence-corrected chi connectivity index (χ2v) is 22.1. The third kappa shape index (κ3) is 10.9. The zero-order valence-electron chi connectivity index (χ0n) is 42.0. The number of aliphatic carboxylic acids is 1. The van der Waals surface area contributed by atoms with Crippen molar-refractivity contribution in [2.24, 2.45) is 0 Å². The van der Waals surface area contributed by atoms with E-state index in [0.29, 0.717) is 9.23 Å². The largest absolute Gasteiger partial charge is 0.480 e. The van der Waals surface area contributed by atoms with Crippen LogP contribution in [0.3, 0.4) is 0 Å². The molecule has 2 heterocycles. The van der Waals surface area contributed by atoms with Gasteiger partial charge in [0.1, 0.15) is 10.9 Å². The van der Waals surface area contributed by atoms with E-state index in [-0.39, 0.29) is 16.9 Å². The van der Waals surface area contributed by atoms with Gasteiger partial charge in [0.2, 0.25) is 0 Å². The molecule has 69 heavy (non-hydrogen) atoms. The van der Waals surface area contributed by atoms with Gasteiger partial charge in [0, 0.05) is 16.8 Å². The van der Waals surface area contributed by atoms with Crippen LogP contribution in [-0.2, 0) is 34.3 Å². The minimum absolute atomic E-state index is 0.0212. The highest BCUT2D eigenvalue weighted by molar-refractivity contribution is 8.26. The summed E-state index contributed by atoms with van der Waals surface area (Å²) in [6.45, 7) is 11.5. The summed E-state index contributed by atoms with van der Waals surface area (Å²) in [5.41, 5.74) is 17.0. The Kier molecular flexibility index (Phi) is 16.7. The van der Waals surface area contributed by atoms with E-state index >= 15 is 0 Å². The zero-order valence-corrected chi connectivity index (χ0v) is 43.6. The number of amides is 1. The third-order valence-electron chi connectivity index (χ3n) is 15.8. The topological polar surface area (TPSA) is 60.9 Å². The average molecular weight is 959 g/mol. The summed E-state index contributed by atoms with van der Waals surface area (Å²) in [4.78, 5) is 29.2. The Labute approximate surface area is 423 Å². The summed E-state index contributed by atoms with van der Waals surface area (Å²) in [7, 11) is 0. The molecule has 3 aliphatic rings. The van der Waals surface area contributed by atoms with Crippen LogP contribution < -0.4 is 4.90 Å². The Morgan fingerprint density at radius 1 is 0.652 bits per heavy atom. The van der Waals surface area contributed by atoms with Gasteiger partial charge in [0.25, 0.3) is 5.91 Å². The molecule has 1 saturated heterocycles. The van der Waals surface area contributed by atoms with Gasteiger partial charge in [0.05, 0.1) is 10.4 Å². The van der Waals surface area contributed by atoms with Crippen LogP contribution in [0.2, 0.25) is 0 Å². The number of rotatable bonds is 22. The van der Waals surface area contributed by atoms with E-state index in [1.54, 1.807) is 0 Å². The van der Waals surface area contributed by atoms with Gasteiger partial charge in [-0.25, -0.2) is 0 Å². The van der Waals surface area contributed by atoms with Gasteiger partial charge in [-0.1, -0.05) is 201 Å². The first-order valence-corrected chi connectivity index (χ1v) is 27.6. The van der Waals surface area contributed by atoms with Crippen LogP contribution in [0.5, 0.6) is 0 Å². The lowest BCUT2D eigenvalue weighted by Crippen LogP contribution is -2.54. The van der Waals surface area contributed by atoms with Gasteiger partial charge in [-0.15, -0.1) is 0 Å². The van der Waals surface area contributed by atoms with Crippen molar-refractivity contribution < 1.29 is 14.7 Å². The molecule has 1 aliphatic carbocycles. The van der Waals surface area contributed by atoms with Gasteiger partial charge in [0.15, 0.2) is 0 Å². The van der Waals surface area contributed by atoms with Crippen LogP contribution in [0.4, 0.5) is 11.4 Å². The highest BCUT2D eigenvalue weighted by Crippen LogP contribution is 2.61.